The summed E-state index contributed by atoms with van der Waals surface area (Å²) >= 11 is 1.57. The van der Waals surface area contributed by atoms with Crippen molar-refractivity contribution in [2.45, 2.75) is 25.9 Å². The summed E-state index contributed by atoms with van der Waals surface area (Å²) in [6, 6.07) is 8.73. The Morgan fingerprint density at radius 1 is 1.16 bits per heavy atom. The van der Waals surface area contributed by atoms with Gasteiger partial charge in [-0.15, -0.1) is 26.6 Å². The van der Waals surface area contributed by atoms with Crippen LogP contribution < -0.4 is 10.2 Å². The van der Waals surface area contributed by atoms with Crippen LogP contribution in [0.5, 0.6) is 0 Å². The number of piperidine rings is 1. The number of fused-ring (bicyclic) bond motifs is 2. The number of benzene rings is 1. The van der Waals surface area contributed by atoms with Crippen LogP contribution in [-0.2, 0) is 11.0 Å². The van der Waals surface area contributed by atoms with E-state index in [1.165, 1.54) is 6.07 Å². The Balaban J connectivity index is 1.25. The standard InChI is InChI=1S/C20H18F3N7OS/c1-11-24-14-3-2-13(10-15(14)32-11)25-18(31)12-6-8-29(9-7-12)17-5-4-16-26-27-19(20(21,22)23)30(16)28-17/h2-5,10,12H,6-9H2,1H3,(H,25,31). The van der Waals surface area contributed by atoms with Crippen molar-refractivity contribution in [3.8, 4) is 0 Å². The lowest BCUT2D eigenvalue weighted by atomic mass is 9.96. The van der Waals surface area contributed by atoms with Crippen molar-refractivity contribution in [1.82, 2.24) is 24.8 Å². The molecular weight excluding hydrogens is 443 g/mol. The molecule has 1 amide bonds. The predicted octanol–water partition coefficient (Wildman–Crippen LogP) is 3.92. The normalized spacial score (nSPS) is 15.6. The maximum atomic E-state index is 13.1. The molecule has 0 saturated carbocycles. The molecule has 32 heavy (non-hydrogen) atoms. The Hall–Kier alpha value is -3.28. The topological polar surface area (TPSA) is 88.3 Å². The summed E-state index contributed by atoms with van der Waals surface area (Å²) in [7, 11) is 0. The molecule has 1 aromatic carbocycles. The van der Waals surface area contributed by atoms with Crippen LogP contribution in [-0.4, -0.2) is 43.8 Å². The number of nitrogens with zero attached hydrogens (tertiary/aromatic N) is 6. The van der Waals surface area contributed by atoms with E-state index in [1.54, 1.807) is 17.4 Å². The molecular formula is C20H18F3N7OS. The second-order valence-electron chi connectivity index (χ2n) is 7.65. The fourth-order valence-corrected chi connectivity index (χ4v) is 4.72. The number of hydrogen-bond donors (Lipinski definition) is 1. The van der Waals surface area contributed by atoms with Crippen molar-refractivity contribution in [2.24, 2.45) is 5.92 Å². The van der Waals surface area contributed by atoms with Gasteiger partial charge in [-0.3, -0.25) is 4.79 Å². The van der Waals surface area contributed by atoms with Crippen molar-refractivity contribution in [3.05, 3.63) is 41.2 Å². The quantitative estimate of drug-likeness (QED) is 0.498. The minimum atomic E-state index is -4.64. The SMILES string of the molecule is Cc1nc2ccc(NC(=O)C3CCN(c4ccc5nnc(C(F)(F)F)n5n4)CC3)cc2s1. The second-order valence-corrected chi connectivity index (χ2v) is 8.88. The van der Waals surface area contributed by atoms with Crippen LogP contribution in [0, 0.1) is 12.8 Å². The molecule has 166 valence electrons. The number of rotatable bonds is 3. The minimum Gasteiger partial charge on any atom is -0.355 e. The van der Waals surface area contributed by atoms with Gasteiger partial charge in [-0.25, -0.2) is 4.98 Å². The zero-order valence-electron chi connectivity index (χ0n) is 16.9. The molecule has 8 nitrogen and oxygen atoms in total. The summed E-state index contributed by atoms with van der Waals surface area (Å²) in [4.78, 5) is 19.0. The van der Waals surface area contributed by atoms with Crippen molar-refractivity contribution < 1.29 is 18.0 Å². The third-order valence-corrected chi connectivity index (χ3v) is 6.39. The molecule has 0 unspecified atom stereocenters. The van der Waals surface area contributed by atoms with Crippen molar-refractivity contribution in [2.75, 3.05) is 23.3 Å². The lowest BCUT2D eigenvalue weighted by Gasteiger charge is -2.32. The van der Waals surface area contributed by atoms with E-state index < -0.39 is 12.0 Å². The van der Waals surface area contributed by atoms with E-state index in [2.05, 4.69) is 25.6 Å². The molecule has 1 aliphatic rings. The number of thiazole rings is 1. The van der Waals surface area contributed by atoms with Gasteiger partial charge in [0, 0.05) is 24.7 Å². The fourth-order valence-electron chi connectivity index (χ4n) is 3.86. The molecule has 0 spiro atoms. The number of carbonyl (C=O) groups excluding carboxylic acids is 1. The zero-order valence-corrected chi connectivity index (χ0v) is 17.7. The molecule has 1 saturated heterocycles. The number of carbonyl (C=O) groups is 1. The van der Waals surface area contributed by atoms with Gasteiger partial charge in [-0.1, -0.05) is 0 Å². The van der Waals surface area contributed by atoms with Crippen LogP contribution in [0.1, 0.15) is 23.7 Å². The third kappa shape index (κ3) is 3.85. The summed E-state index contributed by atoms with van der Waals surface area (Å²) in [6.45, 7) is 2.96. The highest BCUT2D eigenvalue weighted by atomic mass is 32.1. The van der Waals surface area contributed by atoms with Crippen molar-refractivity contribution in [1.29, 1.82) is 0 Å². The number of aromatic nitrogens is 5. The molecule has 12 heteroatoms. The van der Waals surface area contributed by atoms with Crippen molar-refractivity contribution in [3.63, 3.8) is 0 Å². The molecule has 0 radical (unpaired) electrons. The first-order chi connectivity index (χ1) is 15.3. The van der Waals surface area contributed by atoms with E-state index in [0.29, 0.717) is 36.3 Å². The van der Waals surface area contributed by atoms with Crippen LogP contribution in [0.15, 0.2) is 30.3 Å². The average molecular weight is 461 g/mol. The van der Waals surface area contributed by atoms with E-state index in [9.17, 15) is 18.0 Å². The summed E-state index contributed by atoms with van der Waals surface area (Å²) in [5.41, 5.74) is 1.67. The molecule has 1 fully saturated rings. The highest BCUT2D eigenvalue weighted by molar-refractivity contribution is 7.18. The van der Waals surface area contributed by atoms with Crippen LogP contribution in [0.25, 0.3) is 15.9 Å². The monoisotopic (exact) mass is 461 g/mol. The zero-order chi connectivity index (χ0) is 22.5. The first-order valence-corrected chi connectivity index (χ1v) is 10.8. The Morgan fingerprint density at radius 2 is 1.94 bits per heavy atom. The van der Waals surface area contributed by atoms with E-state index >= 15 is 0 Å². The number of nitrogens with one attached hydrogen (secondary N) is 1. The Labute approximate surface area is 184 Å². The lowest BCUT2D eigenvalue weighted by molar-refractivity contribution is -0.146. The summed E-state index contributed by atoms with van der Waals surface area (Å²) in [5.74, 6) is -1.01. The van der Waals surface area contributed by atoms with Gasteiger partial charge in [0.05, 0.1) is 15.2 Å². The second kappa shape index (κ2) is 7.69. The van der Waals surface area contributed by atoms with E-state index in [4.69, 9.17) is 0 Å². The maximum Gasteiger partial charge on any atom is 0.453 e. The van der Waals surface area contributed by atoms with Crippen molar-refractivity contribution >= 4 is 44.6 Å². The summed E-state index contributed by atoms with van der Waals surface area (Å²) in [6.07, 6.45) is -3.50. The summed E-state index contributed by atoms with van der Waals surface area (Å²) < 4.78 is 41.1. The highest BCUT2D eigenvalue weighted by Crippen LogP contribution is 2.29. The van der Waals surface area contributed by atoms with Crippen LogP contribution >= 0.6 is 11.3 Å². The number of amides is 1. The molecule has 4 heterocycles. The van der Waals surface area contributed by atoms with Gasteiger partial charge in [0.15, 0.2) is 5.65 Å². The van der Waals surface area contributed by atoms with Gasteiger partial charge in [-0.2, -0.15) is 17.7 Å². The molecule has 5 rings (SSSR count). The maximum absolute atomic E-state index is 13.1. The van der Waals surface area contributed by atoms with Gasteiger partial charge in [-0.05, 0) is 50.1 Å². The predicted molar refractivity (Wildman–Crippen MR) is 114 cm³/mol. The molecule has 0 bridgehead atoms. The first kappa shape index (κ1) is 20.6. The Morgan fingerprint density at radius 3 is 2.69 bits per heavy atom. The number of aryl methyl sites for hydroxylation is 1. The van der Waals surface area contributed by atoms with Gasteiger partial charge >= 0.3 is 6.18 Å². The average Bonchev–Trinajstić information content (AvgIpc) is 3.35. The smallest absolute Gasteiger partial charge is 0.355 e. The lowest BCUT2D eigenvalue weighted by Crippen LogP contribution is -2.38. The number of anilines is 2. The van der Waals surface area contributed by atoms with Gasteiger partial charge in [0.2, 0.25) is 5.91 Å². The Bertz CT molecular complexity index is 1310. The van der Waals surface area contributed by atoms with E-state index in [1.807, 2.05) is 30.0 Å². The molecule has 1 N–H and O–H groups in total. The fraction of sp³-hybridized carbons (Fsp3) is 0.350. The molecule has 3 aromatic heterocycles. The molecule has 4 aromatic rings. The van der Waals surface area contributed by atoms with Gasteiger partial charge in [0.1, 0.15) is 5.82 Å². The van der Waals surface area contributed by atoms with Gasteiger partial charge in [0.25, 0.3) is 5.82 Å². The highest BCUT2D eigenvalue weighted by Gasteiger charge is 2.38. The number of halogens is 3. The van der Waals surface area contributed by atoms with Crippen LogP contribution in [0.2, 0.25) is 0 Å². The minimum absolute atomic E-state index is 0.0310. The third-order valence-electron chi connectivity index (χ3n) is 5.45. The number of hydrogen-bond acceptors (Lipinski definition) is 7. The number of alkyl halides is 3. The Kier molecular flexibility index (Phi) is 4.96. The van der Waals surface area contributed by atoms with Crippen LogP contribution in [0.3, 0.4) is 0 Å². The largest absolute Gasteiger partial charge is 0.453 e. The van der Waals surface area contributed by atoms with Crippen LogP contribution in [0.4, 0.5) is 24.7 Å². The van der Waals surface area contributed by atoms with Gasteiger partial charge < -0.3 is 10.2 Å². The molecule has 0 aliphatic carbocycles. The first-order valence-electron chi connectivity index (χ1n) is 10.0. The van der Waals surface area contributed by atoms with E-state index in [0.717, 1.165) is 20.9 Å². The van der Waals surface area contributed by atoms with E-state index in [-0.39, 0.29) is 17.5 Å². The summed E-state index contributed by atoms with van der Waals surface area (Å²) in [5, 5.41) is 14.7. The molecule has 1 aliphatic heterocycles. The molecule has 0 atom stereocenters.